The topological polar surface area (TPSA) is 32.3 Å². The molecule has 0 aromatic heterocycles. The van der Waals surface area contributed by atoms with Gasteiger partial charge in [0, 0.05) is 12.2 Å². The number of hydrogen-bond donors (Lipinski definition) is 2. The molecule has 0 aliphatic heterocycles. The predicted molar refractivity (Wildman–Crippen MR) is 117 cm³/mol. The summed E-state index contributed by atoms with van der Waals surface area (Å²) in [7, 11) is -2.58. The first kappa shape index (κ1) is 19.5. The Morgan fingerprint density at radius 1 is 0.840 bits per heavy atom. The number of nitrogens with one attached hydrogen (secondary N) is 1. The van der Waals surface area contributed by atoms with Crippen LogP contribution in [0.15, 0.2) is 53.4 Å². The van der Waals surface area contributed by atoms with Crippen LogP contribution in [0.4, 0.5) is 5.69 Å². The van der Waals surface area contributed by atoms with Gasteiger partial charge in [-0.05, 0) is 35.4 Å². The van der Waals surface area contributed by atoms with E-state index in [0.29, 0.717) is 5.75 Å². The van der Waals surface area contributed by atoms with Crippen LogP contribution in [-0.4, -0.2) is 21.3 Å². The van der Waals surface area contributed by atoms with Crippen LogP contribution in [0.2, 0.25) is 39.3 Å². The van der Waals surface area contributed by atoms with Crippen LogP contribution in [0.1, 0.15) is 11.1 Å². The van der Waals surface area contributed by atoms with Crippen LogP contribution in [0.3, 0.4) is 0 Å². The van der Waals surface area contributed by atoms with Crippen molar-refractivity contribution in [2.75, 3.05) is 5.32 Å². The third kappa shape index (κ3) is 5.90. The van der Waals surface area contributed by atoms with Crippen molar-refractivity contribution in [3.63, 3.8) is 0 Å². The smallest absolute Gasteiger partial charge is 0.115 e. The molecule has 2 nitrogen and oxygen atoms in total. The summed E-state index contributed by atoms with van der Waals surface area (Å²) in [5, 5.41) is 12.7. The summed E-state index contributed by atoms with van der Waals surface area (Å²) in [6.07, 6.45) is 2.45. The van der Waals surface area contributed by atoms with Crippen molar-refractivity contribution in [2.24, 2.45) is 0 Å². The fraction of sp³-hybridized carbons (Fsp3) is 0.333. The fourth-order valence-corrected chi connectivity index (χ4v) is 13.4. The van der Waals surface area contributed by atoms with Crippen LogP contribution in [0.25, 0.3) is 6.08 Å². The van der Waals surface area contributed by atoms with Crippen LogP contribution < -0.4 is 5.32 Å². The Bertz CT molecular complexity index is 704. The molecule has 0 heterocycles. The summed E-state index contributed by atoms with van der Waals surface area (Å²) in [6, 6.07) is 16.0. The highest BCUT2D eigenvalue weighted by atomic mass is 28.4. The third-order valence-corrected chi connectivity index (χ3v) is 12.3. The van der Waals surface area contributed by atoms with E-state index in [1.165, 1.54) is 11.1 Å². The number of anilines is 1. The molecule has 0 amide bonds. The summed E-state index contributed by atoms with van der Waals surface area (Å²) >= 11 is 0. The second-order valence-electron chi connectivity index (χ2n) is 8.70. The Morgan fingerprint density at radius 2 is 1.36 bits per heavy atom. The summed E-state index contributed by atoms with van der Waals surface area (Å²) in [5.74, 6) is 0.294. The minimum absolute atomic E-state index is 0.294. The number of phenolic OH excluding ortho intramolecular Hbond substituents is 1. The molecule has 2 aromatic carbocycles. The number of benzene rings is 2. The van der Waals surface area contributed by atoms with Crippen molar-refractivity contribution in [1.29, 1.82) is 0 Å². The van der Waals surface area contributed by atoms with Crippen molar-refractivity contribution in [3.8, 4) is 5.75 Å². The van der Waals surface area contributed by atoms with E-state index in [0.717, 1.165) is 12.2 Å². The SMILES string of the molecule is C[Si](C)(C)C(=Cc1ccc(CNc2ccc(O)cc2)cc1)[Si](C)(C)C. The highest BCUT2D eigenvalue weighted by Gasteiger charge is 2.30. The van der Waals surface area contributed by atoms with Crippen molar-refractivity contribution in [2.45, 2.75) is 45.8 Å². The Hall–Kier alpha value is -1.79. The minimum atomic E-state index is -1.29. The van der Waals surface area contributed by atoms with E-state index < -0.39 is 16.1 Å². The quantitative estimate of drug-likeness (QED) is 0.473. The minimum Gasteiger partial charge on any atom is -0.508 e. The molecule has 0 atom stereocenters. The predicted octanol–water partition coefficient (Wildman–Crippen LogP) is 6.14. The summed E-state index contributed by atoms with van der Waals surface area (Å²) in [6.45, 7) is 15.5. The van der Waals surface area contributed by atoms with Gasteiger partial charge in [-0.25, -0.2) is 0 Å². The molecule has 0 unspecified atom stereocenters. The molecule has 0 fully saturated rings. The van der Waals surface area contributed by atoms with E-state index in [9.17, 15) is 5.11 Å². The van der Waals surface area contributed by atoms with Gasteiger partial charge in [0.05, 0.1) is 16.1 Å². The average Bonchev–Trinajstić information content (AvgIpc) is 2.51. The lowest BCUT2D eigenvalue weighted by atomic mass is 10.1. The van der Waals surface area contributed by atoms with Gasteiger partial charge < -0.3 is 10.4 Å². The van der Waals surface area contributed by atoms with E-state index in [-0.39, 0.29) is 0 Å². The van der Waals surface area contributed by atoms with E-state index in [1.54, 1.807) is 17.0 Å². The molecule has 0 radical (unpaired) electrons. The summed E-state index contributed by atoms with van der Waals surface area (Å²) in [5.41, 5.74) is 3.59. The first-order valence-corrected chi connectivity index (χ1v) is 15.9. The van der Waals surface area contributed by atoms with E-state index in [1.807, 2.05) is 12.1 Å². The Balaban J connectivity index is 2.10. The molecule has 2 rings (SSSR count). The maximum absolute atomic E-state index is 9.33. The second kappa shape index (κ2) is 7.62. The first-order chi connectivity index (χ1) is 11.6. The fourth-order valence-electron chi connectivity index (χ4n) is 3.24. The van der Waals surface area contributed by atoms with Crippen molar-refractivity contribution in [3.05, 3.63) is 64.5 Å². The molecule has 0 spiro atoms. The molecule has 0 aliphatic rings. The van der Waals surface area contributed by atoms with Crippen LogP contribution >= 0.6 is 0 Å². The number of rotatable bonds is 6. The Kier molecular flexibility index (Phi) is 5.96. The van der Waals surface area contributed by atoms with E-state index >= 15 is 0 Å². The molecule has 4 heteroatoms. The number of aromatic hydroxyl groups is 1. The van der Waals surface area contributed by atoms with E-state index in [2.05, 4.69) is 74.9 Å². The molecule has 0 aliphatic carbocycles. The van der Waals surface area contributed by atoms with Crippen molar-refractivity contribution < 1.29 is 5.11 Å². The Morgan fingerprint density at radius 3 is 1.84 bits per heavy atom. The molecule has 0 saturated heterocycles. The Labute approximate surface area is 154 Å². The molecule has 25 heavy (non-hydrogen) atoms. The number of hydrogen-bond acceptors (Lipinski definition) is 2. The molecular weight excluding hydrogens is 338 g/mol. The van der Waals surface area contributed by atoms with Gasteiger partial charge in [0.25, 0.3) is 0 Å². The largest absolute Gasteiger partial charge is 0.508 e. The van der Waals surface area contributed by atoms with Gasteiger partial charge in [0.15, 0.2) is 0 Å². The lowest BCUT2D eigenvalue weighted by Gasteiger charge is -2.31. The monoisotopic (exact) mass is 369 g/mol. The lowest BCUT2D eigenvalue weighted by Crippen LogP contribution is -2.39. The zero-order valence-electron chi connectivity index (χ0n) is 16.4. The van der Waals surface area contributed by atoms with Gasteiger partial charge >= 0.3 is 0 Å². The van der Waals surface area contributed by atoms with Crippen LogP contribution in [0.5, 0.6) is 5.75 Å². The second-order valence-corrected chi connectivity index (χ2v) is 19.3. The first-order valence-electron chi connectivity index (χ1n) is 8.90. The normalized spacial score (nSPS) is 11.9. The average molecular weight is 370 g/mol. The molecular formula is C21H31NOSi2. The van der Waals surface area contributed by atoms with Gasteiger partial charge in [-0.15, -0.1) is 0 Å². The lowest BCUT2D eigenvalue weighted by molar-refractivity contribution is 0.475. The maximum atomic E-state index is 9.33. The van der Waals surface area contributed by atoms with Crippen LogP contribution in [0, 0.1) is 0 Å². The molecule has 2 N–H and O–H groups in total. The van der Waals surface area contributed by atoms with Gasteiger partial charge in [-0.2, -0.15) is 0 Å². The van der Waals surface area contributed by atoms with Crippen molar-refractivity contribution >= 4 is 27.9 Å². The summed E-state index contributed by atoms with van der Waals surface area (Å²) < 4.78 is 0. The molecule has 0 saturated carbocycles. The van der Waals surface area contributed by atoms with Gasteiger partial charge in [-0.3, -0.25) is 0 Å². The molecule has 2 aromatic rings. The highest BCUT2D eigenvalue weighted by Crippen LogP contribution is 2.27. The zero-order valence-corrected chi connectivity index (χ0v) is 18.4. The third-order valence-electron chi connectivity index (χ3n) is 4.27. The highest BCUT2D eigenvalue weighted by molar-refractivity contribution is 7.05. The van der Waals surface area contributed by atoms with Gasteiger partial charge in [-0.1, -0.05) is 74.4 Å². The maximum Gasteiger partial charge on any atom is 0.115 e. The standard InChI is InChI=1S/C21H31NOSi2/c1-24(2,3)21(25(4,5)6)15-17-7-9-18(10-8-17)16-22-19-11-13-20(23)14-12-19/h7-15,22-23H,16H2,1-6H3. The molecule has 134 valence electrons. The van der Waals surface area contributed by atoms with E-state index in [4.69, 9.17) is 0 Å². The molecule has 0 bridgehead atoms. The number of phenols is 1. The zero-order chi connectivity index (χ0) is 18.7. The van der Waals surface area contributed by atoms with Crippen LogP contribution in [-0.2, 0) is 6.54 Å². The van der Waals surface area contributed by atoms with Gasteiger partial charge in [0.2, 0.25) is 0 Å². The van der Waals surface area contributed by atoms with Crippen molar-refractivity contribution in [1.82, 2.24) is 0 Å². The van der Waals surface area contributed by atoms with Gasteiger partial charge in [0.1, 0.15) is 5.75 Å². The summed E-state index contributed by atoms with van der Waals surface area (Å²) in [4.78, 5) is 1.73.